The molecule has 206 valence electrons. The van der Waals surface area contributed by atoms with Gasteiger partial charge in [-0.3, -0.25) is 0 Å². The van der Waals surface area contributed by atoms with Crippen LogP contribution in [0.5, 0.6) is 0 Å². The Morgan fingerprint density at radius 1 is 1.38 bits per heavy atom. The zero-order valence-corrected chi connectivity index (χ0v) is 23.6. The summed E-state index contributed by atoms with van der Waals surface area (Å²) in [5.74, 6) is 3.79. The lowest BCUT2D eigenvalue weighted by Gasteiger charge is -2.31. The first-order valence-electron chi connectivity index (χ1n) is 13.5. The highest BCUT2D eigenvalue weighted by atomic mass is 16.5. The lowest BCUT2D eigenvalue weighted by atomic mass is 9.87. The molecule has 37 heavy (non-hydrogen) atoms. The first-order chi connectivity index (χ1) is 17.6. The molecule has 6 heteroatoms. The fourth-order valence-corrected chi connectivity index (χ4v) is 5.30. The van der Waals surface area contributed by atoms with Crippen LogP contribution in [0.15, 0.2) is 46.8 Å². The number of terminal acetylenes is 1. The molecule has 0 bridgehead atoms. The summed E-state index contributed by atoms with van der Waals surface area (Å²) in [7, 11) is 1.64. The third kappa shape index (κ3) is 10.5. The van der Waals surface area contributed by atoms with E-state index in [-0.39, 0.29) is 30.1 Å². The Bertz CT molecular complexity index is 920. The summed E-state index contributed by atoms with van der Waals surface area (Å²) in [6.45, 7) is 11.4. The van der Waals surface area contributed by atoms with Crippen molar-refractivity contribution in [2.45, 2.75) is 90.9 Å². The van der Waals surface area contributed by atoms with Gasteiger partial charge in [0.05, 0.1) is 32.5 Å². The highest BCUT2D eigenvalue weighted by Gasteiger charge is 2.29. The summed E-state index contributed by atoms with van der Waals surface area (Å²) < 4.78 is 16.5. The molecule has 0 saturated carbocycles. The van der Waals surface area contributed by atoms with E-state index in [9.17, 15) is 9.90 Å². The van der Waals surface area contributed by atoms with Gasteiger partial charge in [0.25, 0.3) is 0 Å². The highest BCUT2D eigenvalue weighted by molar-refractivity contribution is 5.82. The second-order valence-corrected chi connectivity index (χ2v) is 10.9. The van der Waals surface area contributed by atoms with Crippen molar-refractivity contribution in [3.05, 3.63) is 46.8 Å². The number of rotatable bonds is 15. The third-order valence-corrected chi connectivity index (χ3v) is 7.22. The van der Waals surface area contributed by atoms with E-state index in [2.05, 4.69) is 32.0 Å². The van der Waals surface area contributed by atoms with E-state index in [1.165, 1.54) is 17.2 Å². The molecule has 3 unspecified atom stereocenters. The number of carbonyl (C=O) groups is 1. The highest BCUT2D eigenvalue weighted by Crippen LogP contribution is 2.38. The molecular formula is C31H47NO5. The number of nitrogens with one attached hydrogen (secondary N) is 1. The predicted octanol–water partition coefficient (Wildman–Crippen LogP) is 5.25. The van der Waals surface area contributed by atoms with Gasteiger partial charge >= 0.3 is 5.97 Å². The van der Waals surface area contributed by atoms with E-state index in [1.807, 2.05) is 25.2 Å². The molecule has 0 aliphatic heterocycles. The second kappa shape index (κ2) is 15.2. The lowest BCUT2D eigenvalue weighted by molar-refractivity contribution is -0.137. The molecule has 2 rings (SSSR count). The Morgan fingerprint density at radius 3 is 2.81 bits per heavy atom. The number of aliphatic hydroxyl groups excluding tert-OH is 1. The Kier molecular flexibility index (Phi) is 12.7. The number of aliphatic hydroxyl groups is 1. The van der Waals surface area contributed by atoms with Gasteiger partial charge in [-0.1, -0.05) is 17.2 Å². The monoisotopic (exact) mass is 513 g/mol. The zero-order chi connectivity index (χ0) is 27.4. The molecule has 0 heterocycles. The van der Waals surface area contributed by atoms with Crippen LogP contribution in [-0.4, -0.2) is 55.7 Å². The first kappa shape index (κ1) is 30.9. The van der Waals surface area contributed by atoms with Crippen molar-refractivity contribution in [2.24, 2.45) is 11.8 Å². The van der Waals surface area contributed by atoms with E-state index < -0.39 is 6.10 Å². The summed E-state index contributed by atoms with van der Waals surface area (Å²) in [6, 6.07) is 0. The van der Waals surface area contributed by atoms with Crippen LogP contribution in [0.3, 0.4) is 0 Å². The molecule has 2 aliphatic rings. The quantitative estimate of drug-likeness (QED) is 0.135. The smallest absolute Gasteiger partial charge is 0.330 e. The minimum atomic E-state index is -0.633. The van der Waals surface area contributed by atoms with Crippen LogP contribution in [0.1, 0.15) is 73.1 Å². The Hall–Kier alpha value is -2.33. The van der Waals surface area contributed by atoms with Gasteiger partial charge in [0.1, 0.15) is 5.76 Å². The van der Waals surface area contributed by atoms with Crippen molar-refractivity contribution in [2.75, 3.05) is 26.9 Å². The number of esters is 1. The molecule has 2 N–H and O–H groups in total. The molecule has 0 aromatic heterocycles. The van der Waals surface area contributed by atoms with Crippen LogP contribution < -0.4 is 5.32 Å². The van der Waals surface area contributed by atoms with Crippen LogP contribution >= 0.6 is 0 Å². The zero-order valence-electron chi connectivity index (χ0n) is 23.6. The lowest BCUT2D eigenvalue weighted by Crippen LogP contribution is -2.45. The number of hydrogen-bond acceptors (Lipinski definition) is 6. The van der Waals surface area contributed by atoms with Gasteiger partial charge in [-0.15, -0.1) is 12.3 Å². The van der Waals surface area contributed by atoms with Gasteiger partial charge in [-0.05, 0) is 90.4 Å². The van der Waals surface area contributed by atoms with Crippen molar-refractivity contribution in [1.82, 2.24) is 5.32 Å². The summed E-state index contributed by atoms with van der Waals surface area (Å²) in [4.78, 5) is 11.8. The fourth-order valence-electron chi connectivity index (χ4n) is 5.30. The Morgan fingerprint density at radius 2 is 2.14 bits per heavy atom. The van der Waals surface area contributed by atoms with Gasteiger partial charge in [0, 0.05) is 30.5 Å². The number of carbonyl (C=O) groups excluding carboxylic acids is 1. The van der Waals surface area contributed by atoms with Gasteiger partial charge < -0.3 is 24.6 Å². The van der Waals surface area contributed by atoms with Crippen molar-refractivity contribution in [3.63, 3.8) is 0 Å². The number of hydrogen-bond donors (Lipinski definition) is 2. The van der Waals surface area contributed by atoms with Gasteiger partial charge in [-0.2, -0.15) is 0 Å². The van der Waals surface area contributed by atoms with Crippen molar-refractivity contribution < 1.29 is 24.1 Å². The standard InChI is InChI=1S/C31H47NO5/c1-8-10-11-26-17-24(16-22(26)3)19-31(5,6)32-20-27(33)21-37-23(4)29-18-28(35-7)14-12-25(29)13-15-30(34)36-9-2/h1,13-15,18,23-25,27,32-33H,9-12,16-17,19-21H2,2-7H3/b15-13+/t23?,24?,25?,27-/m1/s1. The molecule has 4 atom stereocenters. The summed E-state index contributed by atoms with van der Waals surface area (Å²) in [5.41, 5.74) is 3.94. The maximum absolute atomic E-state index is 11.8. The number of ether oxygens (including phenoxy) is 3. The molecule has 0 aromatic rings. The van der Waals surface area contributed by atoms with E-state index in [0.29, 0.717) is 25.5 Å². The molecule has 0 spiro atoms. The van der Waals surface area contributed by atoms with E-state index >= 15 is 0 Å². The van der Waals surface area contributed by atoms with E-state index in [4.69, 9.17) is 20.6 Å². The van der Waals surface area contributed by atoms with Gasteiger partial charge in [-0.25, -0.2) is 4.79 Å². The molecule has 0 radical (unpaired) electrons. The predicted molar refractivity (Wildman–Crippen MR) is 149 cm³/mol. The average Bonchev–Trinajstić information content (AvgIpc) is 3.21. The van der Waals surface area contributed by atoms with Crippen molar-refractivity contribution in [1.29, 1.82) is 0 Å². The molecule has 0 amide bonds. The normalized spacial score (nSPS) is 21.9. The Labute approximate surface area is 224 Å². The van der Waals surface area contributed by atoms with Crippen LogP contribution in [-0.2, 0) is 19.0 Å². The summed E-state index contributed by atoms with van der Waals surface area (Å²) in [5, 5.41) is 14.2. The third-order valence-electron chi connectivity index (χ3n) is 7.22. The SMILES string of the molecule is C#CCCC1=C(C)CC(CC(C)(C)NC[C@@H](O)COC(C)C2=CC(OC)=CCC2/C=C/C(=O)OCC)C1. The Balaban J connectivity index is 1.84. The minimum Gasteiger partial charge on any atom is -0.497 e. The fraction of sp³-hybridized carbons (Fsp3) is 0.645. The van der Waals surface area contributed by atoms with E-state index in [1.54, 1.807) is 14.0 Å². The van der Waals surface area contributed by atoms with Crippen LogP contribution in [0, 0.1) is 24.2 Å². The molecule has 0 saturated heterocycles. The molecular weight excluding hydrogens is 466 g/mol. The van der Waals surface area contributed by atoms with Crippen LogP contribution in [0.2, 0.25) is 0 Å². The first-order valence-corrected chi connectivity index (χ1v) is 13.5. The maximum Gasteiger partial charge on any atom is 0.330 e. The van der Waals surface area contributed by atoms with Crippen LogP contribution in [0.4, 0.5) is 0 Å². The maximum atomic E-state index is 11.8. The number of β-amino-alcohol motifs (C(OH)–C–C–N with tert-alkyl or cyclic N) is 1. The van der Waals surface area contributed by atoms with Gasteiger partial charge in [0.2, 0.25) is 0 Å². The van der Waals surface area contributed by atoms with Crippen molar-refractivity contribution in [3.8, 4) is 12.3 Å². The summed E-state index contributed by atoms with van der Waals surface area (Å²) in [6.07, 6.45) is 17.7. The minimum absolute atomic E-state index is 0.00140. The summed E-state index contributed by atoms with van der Waals surface area (Å²) >= 11 is 0. The van der Waals surface area contributed by atoms with Crippen LogP contribution in [0.25, 0.3) is 0 Å². The largest absolute Gasteiger partial charge is 0.497 e. The molecule has 0 aromatic carbocycles. The number of methoxy groups -OCH3 is 1. The molecule has 6 nitrogen and oxygen atoms in total. The molecule has 2 aliphatic carbocycles. The average molecular weight is 514 g/mol. The van der Waals surface area contributed by atoms with Gasteiger partial charge in [0.15, 0.2) is 0 Å². The number of allylic oxidation sites excluding steroid dienone is 5. The second-order valence-electron chi connectivity index (χ2n) is 10.9. The molecule has 0 fully saturated rings. The van der Waals surface area contributed by atoms with E-state index in [0.717, 1.165) is 43.4 Å². The topological polar surface area (TPSA) is 77.0 Å². The van der Waals surface area contributed by atoms with Crippen molar-refractivity contribution >= 4 is 5.97 Å².